The van der Waals surface area contributed by atoms with E-state index in [0.717, 1.165) is 16.5 Å². The van der Waals surface area contributed by atoms with Gasteiger partial charge in [-0.25, -0.2) is 0 Å². The van der Waals surface area contributed by atoms with Gasteiger partial charge in [0.25, 0.3) is 11.6 Å². The van der Waals surface area contributed by atoms with Crippen molar-refractivity contribution < 1.29 is 9.72 Å². The third kappa shape index (κ3) is 3.30. The summed E-state index contributed by atoms with van der Waals surface area (Å²) in [6.07, 6.45) is 2.08. The van der Waals surface area contributed by atoms with E-state index in [1.165, 1.54) is 16.8 Å². The molecule has 1 aromatic carbocycles. The highest BCUT2D eigenvalue weighted by Crippen LogP contribution is 2.23. The predicted octanol–water partition coefficient (Wildman–Crippen LogP) is 3.51. The van der Waals surface area contributed by atoms with Crippen LogP contribution in [0.2, 0.25) is 0 Å². The highest BCUT2D eigenvalue weighted by Gasteiger charge is 2.18. The minimum Gasteiger partial charge on any atom is -0.340 e. The third-order valence-electron chi connectivity index (χ3n) is 3.13. The second-order valence-corrected chi connectivity index (χ2v) is 5.48. The molecule has 0 saturated carbocycles. The summed E-state index contributed by atoms with van der Waals surface area (Å²) in [5, 5.41) is 13.5. The third-order valence-corrected chi connectivity index (χ3v) is 3.62. The molecule has 6 nitrogen and oxygen atoms in total. The molecule has 0 spiro atoms. The number of rotatable bonds is 4. The van der Waals surface area contributed by atoms with Crippen molar-refractivity contribution in [3.8, 4) is 0 Å². The lowest BCUT2D eigenvalue weighted by molar-refractivity contribution is -0.384. The first-order valence-corrected chi connectivity index (χ1v) is 7.12. The zero-order valence-corrected chi connectivity index (χ0v) is 13.2. The number of halogens is 1. The van der Waals surface area contributed by atoms with E-state index in [-0.39, 0.29) is 17.3 Å². The summed E-state index contributed by atoms with van der Waals surface area (Å²) in [5.74, 6) is -0.373. The van der Waals surface area contributed by atoms with Gasteiger partial charge in [-0.05, 0) is 30.2 Å². The summed E-state index contributed by atoms with van der Waals surface area (Å²) in [4.78, 5) is 22.5. The molecule has 0 fully saturated rings. The number of nitro groups is 1. The average molecular weight is 352 g/mol. The van der Waals surface area contributed by atoms with E-state index in [4.69, 9.17) is 0 Å². The number of anilines is 1. The Bertz CT molecular complexity index is 709. The van der Waals surface area contributed by atoms with Crippen molar-refractivity contribution in [2.75, 3.05) is 5.32 Å². The molecule has 0 saturated heterocycles. The molecular weight excluding hydrogens is 338 g/mol. The molecule has 1 heterocycles. The summed E-state index contributed by atoms with van der Waals surface area (Å²) >= 11 is 3.39. The Kier molecular flexibility index (Phi) is 4.42. The molecule has 0 bridgehead atoms. The fourth-order valence-electron chi connectivity index (χ4n) is 2.04. The van der Waals surface area contributed by atoms with Crippen molar-refractivity contribution in [3.63, 3.8) is 0 Å². The predicted molar refractivity (Wildman–Crippen MR) is 83.5 cm³/mol. The van der Waals surface area contributed by atoms with Gasteiger partial charge in [-0.15, -0.1) is 0 Å². The van der Waals surface area contributed by atoms with Crippen LogP contribution >= 0.6 is 15.9 Å². The molecule has 0 radical (unpaired) electrons. The van der Waals surface area contributed by atoms with Gasteiger partial charge in [0.1, 0.15) is 5.69 Å². The molecule has 0 aliphatic rings. The fraction of sp³-hybridized carbons (Fsp3) is 0.214. The minimum absolute atomic E-state index is 0.103. The fourth-order valence-corrected chi connectivity index (χ4v) is 2.44. The van der Waals surface area contributed by atoms with Gasteiger partial charge in [0.15, 0.2) is 0 Å². The zero-order valence-electron chi connectivity index (χ0n) is 11.6. The highest BCUT2D eigenvalue weighted by molar-refractivity contribution is 9.10. The Morgan fingerprint density at radius 3 is 2.71 bits per heavy atom. The lowest BCUT2D eigenvalue weighted by Gasteiger charge is -2.10. The number of nitrogens with one attached hydrogen (secondary N) is 1. The van der Waals surface area contributed by atoms with Gasteiger partial charge in [0.05, 0.1) is 11.1 Å². The molecular formula is C14H14BrN3O3. The number of amides is 1. The normalized spacial score (nSPS) is 10.4. The van der Waals surface area contributed by atoms with Crippen molar-refractivity contribution in [2.45, 2.75) is 13.3 Å². The minimum atomic E-state index is -0.520. The second-order valence-electron chi connectivity index (χ2n) is 4.56. The lowest BCUT2D eigenvalue weighted by Crippen LogP contribution is -2.16. The van der Waals surface area contributed by atoms with E-state index in [9.17, 15) is 14.9 Å². The molecule has 21 heavy (non-hydrogen) atoms. The summed E-state index contributed by atoms with van der Waals surface area (Å²) in [7, 11) is 1.60. The summed E-state index contributed by atoms with van der Waals surface area (Å²) in [6, 6.07) is 6.84. The van der Waals surface area contributed by atoms with Crippen LogP contribution in [0.25, 0.3) is 0 Å². The number of carbonyl (C=O) groups is 1. The maximum absolute atomic E-state index is 12.3. The molecule has 7 heteroatoms. The van der Waals surface area contributed by atoms with E-state index in [1.54, 1.807) is 13.1 Å². The molecule has 0 atom stereocenters. The van der Waals surface area contributed by atoms with Gasteiger partial charge in [-0.1, -0.05) is 22.9 Å². The van der Waals surface area contributed by atoms with Crippen LogP contribution in [0.3, 0.4) is 0 Å². The molecule has 2 rings (SSSR count). The SMILES string of the molecule is CCc1cc(Br)ccc1NC(=O)c1cc([N+](=O)[O-])cn1C. The maximum atomic E-state index is 12.3. The molecule has 1 amide bonds. The topological polar surface area (TPSA) is 77.2 Å². The molecule has 0 aliphatic carbocycles. The van der Waals surface area contributed by atoms with Gasteiger partial charge < -0.3 is 9.88 Å². The lowest BCUT2D eigenvalue weighted by atomic mass is 10.1. The average Bonchev–Trinajstić information content (AvgIpc) is 2.83. The smallest absolute Gasteiger partial charge is 0.287 e. The molecule has 0 aliphatic heterocycles. The van der Waals surface area contributed by atoms with Crippen molar-refractivity contribution in [2.24, 2.45) is 7.05 Å². The van der Waals surface area contributed by atoms with Gasteiger partial charge in [-0.3, -0.25) is 14.9 Å². The first-order chi connectivity index (χ1) is 9.92. The van der Waals surface area contributed by atoms with Crippen LogP contribution in [-0.2, 0) is 13.5 Å². The number of carbonyl (C=O) groups excluding carboxylic acids is 1. The van der Waals surface area contributed by atoms with E-state index in [0.29, 0.717) is 5.69 Å². The summed E-state index contributed by atoms with van der Waals surface area (Å²) in [6.45, 7) is 1.99. The maximum Gasteiger partial charge on any atom is 0.287 e. The number of aromatic nitrogens is 1. The van der Waals surface area contributed by atoms with Crippen molar-refractivity contribution >= 4 is 33.2 Å². The monoisotopic (exact) mass is 351 g/mol. The molecule has 1 N–H and O–H groups in total. The second kappa shape index (κ2) is 6.09. The van der Waals surface area contributed by atoms with Crippen LogP contribution in [0.15, 0.2) is 34.9 Å². The largest absolute Gasteiger partial charge is 0.340 e. The van der Waals surface area contributed by atoms with Crippen molar-refractivity contribution in [3.05, 3.63) is 56.3 Å². The standard InChI is InChI=1S/C14H14BrN3O3/c1-3-9-6-10(15)4-5-12(9)16-14(19)13-7-11(18(20)21)8-17(13)2/h4-8H,3H2,1-2H3,(H,16,19). The Hall–Kier alpha value is -2.15. The molecule has 110 valence electrons. The number of aryl methyl sites for hydroxylation is 2. The number of hydrogen-bond acceptors (Lipinski definition) is 3. The number of benzene rings is 1. The van der Waals surface area contributed by atoms with Crippen LogP contribution in [-0.4, -0.2) is 15.4 Å². The van der Waals surface area contributed by atoms with Crippen LogP contribution in [0.5, 0.6) is 0 Å². The van der Waals surface area contributed by atoms with Gasteiger partial charge in [0.2, 0.25) is 0 Å². The van der Waals surface area contributed by atoms with Gasteiger partial charge in [-0.2, -0.15) is 0 Å². The Morgan fingerprint density at radius 1 is 1.43 bits per heavy atom. The zero-order chi connectivity index (χ0) is 15.6. The summed E-state index contributed by atoms with van der Waals surface area (Å²) in [5.41, 5.74) is 1.83. The van der Waals surface area contributed by atoms with Gasteiger partial charge in [0, 0.05) is 23.3 Å². The number of nitrogens with zero attached hydrogens (tertiary/aromatic N) is 2. The van der Waals surface area contributed by atoms with Crippen molar-refractivity contribution in [1.82, 2.24) is 4.57 Å². The Labute approximate surface area is 130 Å². The van der Waals surface area contributed by atoms with E-state index in [1.807, 2.05) is 19.1 Å². The first-order valence-electron chi connectivity index (χ1n) is 6.33. The van der Waals surface area contributed by atoms with Crippen molar-refractivity contribution in [1.29, 1.82) is 0 Å². The Morgan fingerprint density at radius 2 is 2.14 bits per heavy atom. The Balaban J connectivity index is 2.28. The first kappa shape index (κ1) is 15.2. The number of hydrogen-bond donors (Lipinski definition) is 1. The van der Waals surface area contributed by atoms with Crippen LogP contribution < -0.4 is 5.32 Å². The van der Waals surface area contributed by atoms with Gasteiger partial charge >= 0.3 is 0 Å². The quantitative estimate of drug-likeness (QED) is 0.676. The van der Waals surface area contributed by atoms with Crippen LogP contribution in [0.4, 0.5) is 11.4 Å². The van der Waals surface area contributed by atoms with Crippen LogP contribution in [0.1, 0.15) is 23.0 Å². The molecule has 1 aromatic heterocycles. The van der Waals surface area contributed by atoms with E-state index < -0.39 is 4.92 Å². The molecule has 2 aromatic rings. The highest BCUT2D eigenvalue weighted by atomic mass is 79.9. The summed E-state index contributed by atoms with van der Waals surface area (Å²) < 4.78 is 2.38. The molecule has 0 unspecified atom stereocenters. The van der Waals surface area contributed by atoms with Crippen LogP contribution in [0, 0.1) is 10.1 Å². The van der Waals surface area contributed by atoms with E-state index >= 15 is 0 Å². The van der Waals surface area contributed by atoms with E-state index in [2.05, 4.69) is 21.2 Å².